The maximum atomic E-state index is 12.2. The fraction of sp³-hybridized carbons (Fsp3) is 0.600. The van der Waals surface area contributed by atoms with E-state index in [1.165, 1.54) is 0 Å². The fourth-order valence-electron chi connectivity index (χ4n) is 0.266. The van der Waals surface area contributed by atoms with Gasteiger partial charge in [-0.1, -0.05) is 0 Å². The monoisotopic (exact) mass is 166 g/mol. The van der Waals surface area contributed by atoms with Gasteiger partial charge in [0.15, 0.2) is 0 Å². The first-order valence-corrected chi connectivity index (χ1v) is 3.99. The highest BCUT2D eigenvalue weighted by molar-refractivity contribution is 7.48. The van der Waals surface area contributed by atoms with Gasteiger partial charge in [0, 0.05) is 13.5 Å². The molecule has 0 saturated carbocycles. The van der Waals surface area contributed by atoms with Crippen LogP contribution in [0.15, 0.2) is 0 Å². The zero-order chi connectivity index (χ0) is 8.04. The third-order valence-electron chi connectivity index (χ3n) is 0.710. The second-order valence-electron chi connectivity index (χ2n) is 1.40. The van der Waals surface area contributed by atoms with Crippen LogP contribution in [-0.4, -0.2) is 13.7 Å². The minimum absolute atomic E-state index is 0.0852. The van der Waals surface area contributed by atoms with Crippen molar-refractivity contribution >= 4 is 7.91 Å². The van der Waals surface area contributed by atoms with Crippen LogP contribution < -0.4 is 0 Å². The summed E-state index contributed by atoms with van der Waals surface area (Å²) in [4.78, 5) is 0. The van der Waals surface area contributed by atoms with Crippen molar-refractivity contribution in [3.05, 3.63) is 0 Å². The first-order chi connectivity index (χ1) is 4.62. The van der Waals surface area contributed by atoms with Crippen LogP contribution in [0.25, 0.3) is 0 Å². The van der Waals surface area contributed by atoms with Gasteiger partial charge in [0.1, 0.15) is 0 Å². The molecule has 0 aromatic carbocycles. The van der Waals surface area contributed by atoms with Gasteiger partial charge >= 0.3 is 7.91 Å². The number of halogens is 1. The zero-order valence-corrected chi connectivity index (χ0v) is 6.44. The molecule has 0 saturated heterocycles. The van der Waals surface area contributed by atoms with E-state index in [1.807, 2.05) is 0 Å². The summed E-state index contributed by atoms with van der Waals surface area (Å²) in [5.41, 5.74) is 0. The van der Waals surface area contributed by atoms with E-state index in [1.54, 1.807) is 0 Å². The highest BCUT2D eigenvalue weighted by Gasteiger charge is 2.20. The lowest BCUT2D eigenvalue weighted by molar-refractivity contribution is 0.205. The van der Waals surface area contributed by atoms with Gasteiger partial charge in [-0.05, 0) is 0 Å². The number of hydrogen-bond acceptors (Lipinski definition) is 3. The molecular weight excluding hydrogens is 158 g/mol. The minimum Gasteiger partial charge on any atom is -0.287 e. The van der Waals surface area contributed by atoms with Gasteiger partial charge in [0.2, 0.25) is 0 Å². The summed E-state index contributed by atoms with van der Waals surface area (Å²) in [5.74, 6) is 2.20. The van der Waals surface area contributed by atoms with Crippen LogP contribution in [0.2, 0.25) is 0 Å². The van der Waals surface area contributed by atoms with Crippen molar-refractivity contribution in [1.82, 2.24) is 0 Å². The van der Waals surface area contributed by atoms with Gasteiger partial charge in [-0.2, -0.15) is 0 Å². The van der Waals surface area contributed by atoms with Crippen LogP contribution >= 0.6 is 7.91 Å². The van der Waals surface area contributed by atoms with Gasteiger partial charge in [0.05, 0.1) is 6.61 Å². The molecule has 0 fully saturated rings. The molecule has 0 aromatic heterocycles. The van der Waals surface area contributed by atoms with E-state index in [2.05, 4.69) is 15.0 Å². The summed E-state index contributed by atoms with van der Waals surface area (Å²) < 4.78 is 30.5. The van der Waals surface area contributed by atoms with E-state index in [9.17, 15) is 8.76 Å². The summed E-state index contributed by atoms with van der Waals surface area (Å²) in [7, 11) is -3.33. The maximum absolute atomic E-state index is 12.2. The van der Waals surface area contributed by atoms with Crippen LogP contribution in [0.4, 0.5) is 4.20 Å². The highest BCUT2D eigenvalue weighted by Crippen LogP contribution is 2.48. The van der Waals surface area contributed by atoms with E-state index in [0.29, 0.717) is 0 Å². The van der Waals surface area contributed by atoms with Crippen molar-refractivity contribution in [2.75, 3.05) is 13.7 Å². The van der Waals surface area contributed by atoms with Crippen molar-refractivity contribution in [2.45, 2.75) is 6.42 Å². The maximum Gasteiger partial charge on any atom is 0.512 e. The third-order valence-corrected chi connectivity index (χ3v) is 1.64. The molecule has 0 radical (unpaired) electrons. The Kier molecular flexibility index (Phi) is 4.29. The molecule has 58 valence electrons. The Hall–Kier alpha value is -0.360. The standard InChI is InChI=1S/C5H8FO3P/c1-3-4-5-9-10(6,7)8-2/h1H,4-5H2,2H3. The lowest BCUT2D eigenvalue weighted by Crippen LogP contribution is -1.89. The molecule has 1 unspecified atom stereocenters. The predicted octanol–water partition coefficient (Wildman–Crippen LogP) is 1.75. The molecule has 0 aromatic rings. The molecule has 3 nitrogen and oxygen atoms in total. The highest BCUT2D eigenvalue weighted by atomic mass is 31.2. The summed E-state index contributed by atoms with van der Waals surface area (Å²) in [6, 6.07) is 0. The normalized spacial score (nSPS) is 15.7. The molecule has 0 aliphatic heterocycles. The third kappa shape index (κ3) is 4.51. The molecule has 1 atom stereocenters. The molecule has 0 aliphatic carbocycles. The average molecular weight is 166 g/mol. The number of hydrogen-bond donors (Lipinski definition) is 0. The zero-order valence-electron chi connectivity index (χ0n) is 5.54. The molecule has 5 heteroatoms. The summed E-state index contributed by atoms with van der Waals surface area (Å²) in [6.07, 6.45) is 5.04. The van der Waals surface area contributed by atoms with Gasteiger partial charge < -0.3 is 0 Å². The Morgan fingerprint density at radius 1 is 1.80 bits per heavy atom. The average Bonchev–Trinajstić information content (AvgIpc) is 1.89. The van der Waals surface area contributed by atoms with Crippen LogP contribution in [0, 0.1) is 12.3 Å². The summed E-state index contributed by atoms with van der Waals surface area (Å²) >= 11 is 0. The van der Waals surface area contributed by atoms with Gasteiger partial charge in [-0.15, -0.1) is 16.5 Å². The summed E-state index contributed by atoms with van der Waals surface area (Å²) in [6.45, 7) is -0.0852. The Morgan fingerprint density at radius 2 is 2.40 bits per heavy atom. The van der Waals surface area contributed by atoms with Crippen LogP contribution in [0.5, 0.6) is 0 Å². The van der Waals surface area contributed by atoms with E-state index >= 15 is 0 Å². The molecule has 0 rings (SSSR count). The molecule has 0 aliphatic rings. The quantitative estimate of drug-likeness (QED) is 0.362. The Balaban J connectivity index is 3.50. The predicted molar refractivity (Wildman–Crippen MR) is 35.1 cm³/mol. The SMILES string of the molecule is C#CCCOP(=O)(F)OC. The lowest BCUT2D eigenvalue weighted by Gasteiger charge is -2.03. The van der Waals surface area contributed by atoms with E-state index in [-0.39, 0.29) is 13.0 Å². The molecule has 0 N–H and O–H groups in total. The molecule has 10 heavy (non-hydrogen) atoms. The topological polar surface area (TPSA) is 35.5 Å². The second-order valence-corrected chi connectivity index (χ2v) is 2.89. The molecule has 0 spiro atoms. The first-order valence-electron chi connectivity index (χ1n) is 2.56. The van der Waals surface area contributed by atoms with Crippen molar-refractivity contribution < 1.29 is 17.8 Å². The van der Waals surface area contributed by atoms with Crippen LogP contribution in [0.1, 0.15) is 6.42 Å². The fourth-order valence-corrected chi connectivity index (χ4v) is 0.681. The van der Waals surface area contributed by atoms with Gasteiger partial charge in [0.25, 0.3) is 0 Å². The Bertz CT molecular complexity index is 174. The van der Waals surface area contributed by atoms with Gasteiger partial charge in [-0.25, -0.2) is 4.57 Å². The number of terminal acetylenes is 1. The second kappa shape index (κ2) is 4.45. The molecular formula is C5H8FO3P. The Labute approximate surface area is 59.2 Å². The minimum atomic E-state index is -4.30. The largest absolute Gasteiger partial charge is 0.512 e. The first kappa shape index (κ1) is 9.64. The van der Waals surface area contributed by atoms with E-state index in [4.69, 9.17) is 6.42 Å². The van der Waals surface area contributed by atoms with Crippen molar-refractivity contribution in [3.8, 4) is 12.3 Å². The number of rotatable bonds is 4. The molecule has 0 heterocycles. The van der Waals surface area contributed by atoms with Crippen LogP contribution in [-0.2, 0) is 13.6 Å². The van der Waals surface area contributed by atoms with Crippen molar-refractivity contribution in [3.63, 3.8) is 0 Å². The molecule has 0 bridgehead atoms. The summed E-state index contributed by atoms with van der Waals surface area (Å²) in [5, 5.41) is 0. The van der Waals surface area contributed by atoms with E-state index < -0.39 is 7.91 Å². The van der Waals surface area contributed by atoms with Crippen molar-refractivity contribution in [1.29, 1.82) is 0 Å². The van der Waals surface area contributed by atoms with Crippen molar-refractivity contribution in [2.24, 2.45) is 0 Å². The smallest absolute Gasteiger partial charge is 0.287 e. The van der Waals surface area contributed by atoms with E-state index in [0.717, 1.165) is 7.11 Å². The molecule has 0 amide bonds. The van der Waals surface area contributed by atoms with Gasteiger partial charge in [-0.3, -0.25) is 9.05 Å². The Morgan fingerprint density at radius 3 is 2.80 bits per heavy atom. The lowest BCUT2D eigenvalue weighted by atomic mass is 10.5. The van der Waals surface area contributed by atoms with Crippen LogP contribution in [0.3, 0.4) is 0 Å².